The van der Waals surface area contributed by atoms with E-state index in [9.17, 15) is 4.79 Å². The molecule has 0 aliphatic heterocycles. The quantitative estimate of drug-likeness (QED) is 0.474. The lowest BCUT2D eigenvalue weighted by atomic mass is 10.2. The van der Waals surface area contributed by atoms with Gasteiger partial charge in [-0.2, -0.15) is 0 Å². The van der Waals surface area contributed by atoms with Crippen molar-refractivity contribution in [3.05, 3.63) is 0 Å². The molecule has 0 aromatic rings. The Morgan fingerprint density at radius 2 is 2.00 bits per heavy atom. The van der Waals surface area contributed by atoms with Crippen LogP contribution in [-0.4, -0.2) is 19.1 Å². The molecular weight excluding hydrogens is 164 g/mol. The number of urea groups is 1. The van der Waals surface area contributed by atoms with Crippen LogP contribution in [0.4, 0.5) is 4.79 Å². The molecule has 0 heterocycles. The van der Waals surface area contributed by atoms with Gasteiger partial charge in [0.05, 0.1) is 0 Å². The summed E-state index contributed by atoms with van der Waals surface area (Å²) in [5.41, 5.74) is 0. The maximum Gasteiger partial charge on any atom is 0.314 e. The van der Waals surface area contributed by atoms with E-state index in [1.165, 1.54) is 0 Å². The molecular formula is C10H18N2O. The summed E-state index contributed by atoms with van der Waals surface area (Å²) < 4.78 is 0. The summed E-state index contributed by atoms with van der Waals surface area (Å²) in [7, 11) is 0. The monoisotopic (exact) mass is 182 g/mol. The predicted octanol–water partition coefficient (Wildman–Crippen LogP) is 1.50. The minimum absolute atomic E-state index is 0.0810. The predicted molar refractivity (Wildman–Crippen MR) is 54.4 cm³/mol. The molecule has 0 radical (unpaired) electrons. The largest absolute Gasteiger partial charge is 0.338 e. The SMILES string of the molecule is C#CCCCCNC(=O)NCCC. The fourth-order valence-corrected chi connectivity index (χ4v) is 0.855. The van der Waals surface area contributed by atoms with Crippen molar-refractivity contribution in [3.8, 4) is 12.3 Å². The Labute approximate surface area is 80.3 Å². The van der Waals surface area contributed by atoms with Crippen molar-refractivity contribution in [2.75, 3.05) is 13.1 Å². The standard InChI is InChI=1S/C10H18N2O/c1-3-5-6-7-9-12-10(13)11-8-4-2/h1H,4-9H2,2H3,(H2,11,12,13). The van der Waals surface area contributed by atoms with E-state index in [1.54, 1.807) is 0 Å². The Kier molecular flexibility index (Phi) is 8.12. The topological polar surface area (TPSA) is 41.1 Å². The first kappa shape index (κ1) is 11.8. The molecule has 0 spiro atoms. The second kappa shape index (κ2) is 8.92. The Morgan fingerprint density at radius 1 is 1.31 bits per heavy atom. The number of hydrogen-bond acceptors (Lipinski definition) is 1. The fraction of sp³-hybridized carbons (Fsp3) is 0.700. The number of unbranched alkanes of at least 4 members (excludes halogenated alkanes) is 2. The van der Waals surface area contributed by atoms with Gasteiger partial charge in [0.1, 0.15) is 0 Å². The zero-order chi connectivity index (χ0) is 9.94. The summed E-state index contributed by atoms with van der Waals surface area (Å²) >= 11 is 0. The molecule has 3 nitrogen and oxygen atoms in total. The molecule has 0 aromatic heterocycles. The smallest absolute Gasteiger partial charge is 0.314 e. The van der Waals surface area contributed by atoms with Crippen molar-refractivity contribution >= 4 is 6.03 Å². The summed E-state index contributed by atoms with van der Waals surface area (Å²) in [5.74, 6) is 2.56. The normalized spacial score (nSPS) is 8.92. The summed E-state index contributed by atoms with van der Waals surface area (Å²) in [5, 5.41) is 5.49. The third kappa shape index (κ3) is 8.74. The Bertz CT molecular complexity index is 172. The van der Waals surface area contributed by atoms with Gasteiger partial charge in [0.15, 0.2) is 0 Å². The van der Waals surface area contributed by atoms with Gasteiger partial charge in [-0.15, -0.1) is 12.3 Å². The third-order valence-corrected chi connectivity index (χ3v) is 1.57. The highest BCUT2D eigenvalue weighted by atomic mass is 16.2. The lowest BCUT2D eigenvalue weighted by Crippen LogP contribution is -2.36. The summed E-state index contributed by atoms with van der Waals surface area (Å²) in [6, 6.07) is -0.0810. The molecule has 0 atom stereocenters. The zero-order valence-electron chi connectivity index (χ0n) is 8.23. The Balaban J connectivity index is 3.13. The van der Waals surface area contributed by atoms with Crippen molar-refractivity contribution in [1.29, 1.82) is 0 Å². The first-order valence-electron chi connectivity index (χ1n) is 4.76. The molecule has 0 fully saturated rings. The highest BCUT2D eigenvalue weighted by molar-refractivity contribution is 5.73. The van der Waals surface area contributed by atoms with Crippen LogP contribution in [0.5, 0.6) is 0 Å². The molecule has 0 saturated carbocycles. The van der Waals surface area contributed by atoms with Gasteiger partial charge in [-0.1, -0.05) is 6.92 Å². The molecule has 2 N–H and O–H groups in total. The first-order valence-corrected chi connectivity index (χ1v) is 4.76. The van der Waals surface area contributed by atoms with Crippen LogP contribution >= 0.6 is 0 Å². The number of terminal acetylenes is 1. The number of carbonyl (C=O) groups excluding carboxylic acids is 1. The molecule has 0 aliphatic rings. The second-order valence-electron chi connectivity index (χ2n) is 2.84. The van der Waals surface area contributed by atoms with Gasteiger partial charge in [-0.3, -0.25) is 0 Å². The average molecular weight is 182 g/mol. The van der Waals surface area contributed by atoms with Crippen molar-refractivity contribution in [2.24, 2.45) is 0 Å². The molecule has 0 unspecified atom stereocenters. The van der Waals surface area contributed by atoms with Crippen molar-refractivity contribution in [1.82, 2.24) is 10.6 Å². The molecule has 13 heavy (non-hydrogen) atoms. The number of carbonyl (C=O) groups is 1. The van der Waals surface area contributed by atoms with E-state index in [2.05, 4.69) is 16.6 Å². The zero-order valence-corrected chi connectivity index (χ0v) is 8.23. The molecule has 0 aliphatic carbocycles. The fourth-order valence-electron chi connectivity index (χ4n) is 0.855. The lowest BCUT2D eigenvalue weighted by Gasteiger charge is -2.05. The number of amides is 2. The second-order valence-corrected chi connectivity index (χ2v) is 2.84. The maximum atomic E-state index is 11.0. The molecule has 2 amide bonds. The number of hydrogen-bond donors (Lipinski definition) is 2. The maximum absolute atomic E-state index is 11.0. The van der Waals surface area contributed by atoms with Gasteiger partial charge >= 0.3 is 6.03 Å². The van der Waals surface area contributed by atoms with E-state index in [4.69, 9.17) is 6.42 Å². The van der Waals surface area contributed by atoms with Gasteiger partial charge < -0.3 is 10.6 Å². The minimum atomic E-state index is -0.0810. The van der Waals surface area contributed by atoms with Crippen LogP contribution in [-0.2, 0) is 0 Å². The van der Waals surface area contributed by atoms with Gasteiger partial charge in [0, 0.05) is 19.5 Å². The summed E-state index contributed by atoms with van der Waals surface area (Å²) in [6.45, 7) is 3.46. The van der Waals surface area contributed by atoms with E-state index in [1.807, 2.05) is 6.92 Å². The highest BCUT2D eigenvalue weighted by Crippen LogP contribution is 1.90. The highest BCUT2D eigenvalue weighted by Gasteiger charge is 1.95. The molecule has 74 valence electrons. The van der Waals surface area contributed by atoms with Gasteiger partial charge in [0.25, 0.3) is 0 Å². The van der Waals surface area contributed by atoms with Crippen LogP contribution in [0.15, 0.2) is 0 Å². The third-order valence-electron chi connectivity index (χ3n) is 1.57. The molecule has 0 saturated heterocycles. The van der Waals surface area contributed by atoms with E-state index in [0.717, 1.165) is 32.2 Å². The van der Waals surface area contributed by atoms with Crippen LogP contribution in [0.1, 0.15) is 32.6 Å². The average Bonchev–Trinajstić information content (AvgIpc) is 2.14. The Morgan fingerprint density at radius 3 is 2.62 bits per heavy atom. The minimum Gasteiger partial charge on any atom is -0.338 e. The molecule has 0 bridgehead atoms. The van der Waals surface area contributed by atoms with Crippen molar-refractivity contribution < 1.29 is 4.79 Å². The van der Waals surface area contributed by atoms with E-state index in [-0.39, 0.29) is 6.03 Å². The van der Waals surface area contributed by atoms with Crippen LogP contribution in [0.25, 0.3) is 0 Å². The number of nitrogens with one attached hydrogen (secondary N) is 2. The molecule has 3 heteroatoms. The molecule has 0 aromatic carbocycles. The van der Waals surface area contributed by atoms with Gasteiger partial charge in [-0.25, -0.2) is 4.79 Å². The number of rotatable bonds is 6. The van der Waals surface area contributed by atoms with E-state index in [0.29, 0.717) is 6.54 Å². The first-order chi connectivity index (χ1) is 6.31. The van der Waals surface area contributed by atoms with Gasteiger partial charge in [-0.05, 0) is 19.3 Å². The van der Waals surface area contributed by atoms with Gasteiger partial charge in [0.2, 0.25) is 0 Å². The van der Waals surface area contributed by atoms with Crippen LogP contribution in [0, 0.1) is 12.3 Å². The van der Waals surface area contributed by atoms with Crippen LogP contribution < -0.4 is 10.6 Å². The lowest BCUT2D eigenvalue weighted by molar-refractivity contribution is 0.240. The van der Waals surface area contributed by atoms with E-state index >= 15 is 0 Å². The van der Waals surface area contributed by atoms with Crippen LogP contribution in [0.3, 0.4) is 0 Å². The summed E-state index contributed by atoms with van der Waals surface area (Å²) in [6.07, 6.45) is 8.76. The Hall–Kier alpha value is -1.17. The van der Waals surface area contributed by atoms with Crippen molar-refractivity contribution in [2.45, 2.75) is 32.6 Å². The summed E-state index contributed by atoms with van der Waals surface area (Å²) in [4.78, 5) is 11.0. The van der Waals surface area contributed by atoms with Crippen LogP contribution in [0.2, 0.25) is 0 Å². The van der Waals surface area contributed by atoms with Crippen molar-refractivity contribution in [3.63, 3.8) is 0 Å². The van der Waals surface area contributed by atoms with E-state index < -0.39 is 0 Å². The molecule has 0 rings (SSSR count).